The molecule has 2 N–H and O–H groups in total. The number of ether oxygens (including phenoxy) is 2. The summed E-state index contributed by atoms with van der Waals surface area (Å²) in [5.41, 5.74) is 3.35. The van der Waals surface area contributed by atoms with Crippen molar-refractivity contribution in [1.82, 2.24) is 5.32 Å². The fraction of sp³-hybridized carbons (Fsp3) is 0.318. The third kappa shape index (κ3) is 6.64. The standard InChI is InChI=1S/C22H26N2O5/c1-14-6-5-7-15(2)21(14)24-19(25)13-23-22(27)16(3)29-20(26)12-17-8-10-18(28-4)11-9-17/h5-11,16H,12-13H2,1-4H3,(H,23,27)(H,24,25)/t16-/m0/s1. The molecule has 2 rings (SSSR count). The van der Waals surface area contributed by atoms with E-state index in [4.69, 9.17) is 9.47 Å². The summed E-state index contributed by atoms with van der Waals surface area (Å²) < 4.78 is 10.2. The first kappa shape index (κ1) is 21.9. The lowest BCUT2D eigenvalue weighted by molar-refractivity contribution is -0.154. The van der Waals surface area contributed by atoms with Gasteiger partial charge in [0, 0.05) is 5.69 Å². The number of carbonyl (C=O) groups excluding carboxylic acids is 3. The highest BCUT2D eigenvalue weighted by Gasteiger charge is 2.19. The lowest BCUT2D eigenvalue weighted by atomic mass is 10.1. The van der Waals surface area contributed by atoms with Gasteiger partial charge in [-0.15, -0.1) is 0 Å². The largest absolute Gasteiger partial charge is 0.497 e. The fourth-order valence-electron chi connectivity index (χ4n) is 2.71. The second-order valence-electron chi connectivity index (χ2n) is 6.69. The third-order valence-electron chi connectivity index (χ3n) is 4.35. The Labute approximate surface area is 170 Å². The van der Waals surface area contributed by atoms with Crippen LogP contribution in [-0.2, 0) is 25.5 Å². The van der Waals surface area contributed by atoms with E-state index >= 15 is 0 Å². The zero-order valence-electron chi connectivity index (χ0n) is 17.1. The van der Waals surface area contributed by atoms with Crippen LogP contribution >= 0.6 is 0 Å². The van der Waals surface area contributed by atoms with E-state index in [1.165, 1.54) is 6.92 Å². The molecule has 0 saturated carbocycles. The summed E-state index contributed by atoms with van der Waals surface area (Å²) in [6.45, 7) is 5.04. The number of nitrogens with one attached hydrogen (secondary N) is 2. The maximum atomic E-state index is 12.1. The average Bonchev–Trinajstić information content (AvgIpc) is 2.69. The van der Waals surface area contributed by atoms with Gasteiger partial charge in [-0.2, -0.15) is 0 Å². The van der Waals surface area contributed by atoms with E-state index in [-0.39, 0.29) is 18.9 Å². The molecule has 0 aliphatic heterocycles. The van der Waals surface area contributed by atoms with Crippen molar-refractivity contribution in [3.8, 4) is 5.75 Å². The third-order valence-corrected chi connectivity index (χ3v) is 4.35. The van der Waals surface area contributed by atoms with Crippen molar-refractivity contribution in [2.24, 2.45) is 0 Å². The van der Waals surface area contributed by atoms with Crippen molar-refractivity contribution in [3.63, 3.8) is 0 Å². The first-order valence-electron chi connectivity index (χ1n) is 9.26. The van der Waals surface area contributed by atoms with Crippen molar-refractivity contribution in [1.29, 1.82) is 0 Å². The Morgan fingerprint density at radius 2 is 1.62 bits per heavy atom. The second kappa shape index (κ2) is 10.3. The van der Waals surface area contributed by atoms with Crippen LogP contribution in [0.25, 0.3) is 0 Å². The summed E-state index contributed by atoms with van der Waals surface area (Å²) >= 11 is 0. The van der Waals surface area contributed by atoms with Gasteiger partial charge >= 0.3 is 5.97 Å². The summed E-state index contributed by atoms with van der Waals surface area (Å²) in [5.74, 6) is -0.732. The van der Waals surface area contributed by atoms with Crippen LogP contribution in [0.5, 0.6) is 5.75 Å². The van der Waals surface area contributed by atoms with Crippen LogP contribution in [0.4, 0.5) is 5.69 Å². The molecule has 2 aromatic carbocycles. The molecule has 0 unspecified atom stereocenters. The molecule has 7 heteroatoms. The first-order chi connectivity index (χ1) is 13.8. The van der Waals surface area contributed by atoms with Crippen LogP contribution in [0, 0.1) is 13.8 Å². The second-order valence-corrected chi connectivity index (χ2v) is 6.69. The molecule has 7 nitrogen and oxygen atoms in total. The predicted octanol–water partition coefficient (Wildman–Crippen LogP) is 2.54. The number of esters is 1. The van der Waals surface area contributed by atoms with E-state index in [0.717, 1.165) is 22.4 Å². The molecule has 1 atom stereocenters. The van der Waals surface area contributed by atoms with Crippen LogP contribution in [0.2, 0.25) is 0 Å². The topological polar surface area (TPSA) is 93.7 Å². The number of hydrogen-bond acceptors (Lipinski definition) is 5. The van der Waals surface area contributed by atoms with Gasteiger partial charge in [-0.3, -0.25) is 14.4 Å². The number of methoxy groups -OCH3 is 1. The minimum absolute atomic E-state index is 0.0364. The molecule has 154 valence electrons. The molecule has 2 aromatic rings. The van der Waals surface area contributed by atoms with E-state index in [1.807, 2.05) is 32.0 Å². The van der Waals surface area contributed by atoms with Crippen LogP contribution < -0.4 is 15.4 Å². The Bertz CT molecular complexity index is 857. The van der Waals surface area contributed by atoms with Crippen molar-refractivity contribution >= 4 is 23.5 Å². The van der Waals surface area contributed by atoms with Crippen molar-refractivity contribution in [2.45, 2.75) is 33.3 Å². The minimum Gasteiger partial charge on any atom is -0.497 e. The molecule has 0 heterocycles. The van der Waals surface area contributed by atoms with E-state index in [0.29, 0.717) is 5.75 Å². The summed E-state index contributed by atoms with van der Waals surface area (Å²) in [6, 6.07) is 12.7. The predicted molar refractivity (Wildman–Crippen MR) is 110 cm³/mol. The molecule has 0 spiro atoms. The van der Waals surface area contributed by atoms with Gasteiger partial charge in [-0.25, -0.2) is 0 Å². The van der Waals surface area contributed by atoms with Gasteiger partial charge in [0.1, 0.15) is 5.75 Å². The lowest BCUT2D eigenvalue weighted by Gasteiger charge is -2.15. The molecule has 0 aliphatic carbocycles. The van der Waals surface area contributed by atoms with Crippen molar-refractivity contribution in [3.05, 3.63) is 59.2 Å². The molecule has 0 aromatic heterocycles. The van der Waals surface area contributed by atoms with Gasteiger partial charge in [-0.05, 0) is 49.6 Å². The molecule has 0 saturated heterocycles. The quantitative estimate of drug-likeness (QED) is 0.667. The van der Waals surface area contributed by atoms with E-state index in [1.54, 1.807) is 31.4 Å². The molecule has 0 radical (unpaired) electrons. The number of amides is 2. The summed E-state index contributed by atoms with van der Waals surface area (Å²) in [6.07, 6.45) is -0.969. The Morgan fingerprint density at radius 1 is 1.00 bits per heavy atom. The molecule has 2 amide bonds. The minimum atomic E-state index is -1.01. The van der Waals surface area contributed by atoms with Crippen LogP contribution in [0.3, 0.4) is 0 Å². The van der Waals surface area contributed by atoms with Gasteiger partial charge in [0.2, 0.25) is 5.91 Å². The summed E-state index contributed by atoms with van der Waals surface area (Å²) in [5, 5.41) is 5.26. The Balaban J connectivity index is 1.79. The Kier molecular flexibility index (Phi) is 7.77. The fourth-order valence-corrected chi connectivity index (χ4v) is 2.71. The van der Waals surface area contributed by atoms with Crippen LogP contribution in [-0.4, -0.2) is 37.5 Å². The number of aryl methyl sites for hydroxylation is 2. The van der Waals surface area contributed by atoms with Gasteiger partial charge < -0.3 is 20.1 Å². The SMILES string of the molecule is COc1ccc(CC(=O)O[C@@H](C)C(=O)NCC(=O)Nc2c(C)cccc2C)cc1. The molecule has 0 bridgehead atoms. The van der Waals surface area contributed by atoms with E-state index in [2.05, 4.69) is 10.6 Å². The number of para-hydroxylation sites is 1. The summed E-state index contributed by atoms with van der Waals surface area (Å²) in [4.78, 5) is 36.3. The molecule has 0 aliphatic rings. The normalized spacial score (nSPS) is 11.3. The highest BCUT2D eigenvalue weighted by atomic mass is 16.5. The van der Waals surface area contributed by atoms with Gasteiger partial charge in [0.05, 0.1) is 20.1 Å². The van der Waals surface area contributed by atoms with Crippen LogP contribution in [0.1, 0.15) is 23.6 Å². The van der Waals surface area contributed by atoms with E-state index in [9.17, 15) is 14.4 Å². The van der Waals surface area contributed by atoms with Gasteiger partial charge in [0.25, 0.3) is 5.91 Å². The molecule has 29 heavy (non-hydrogen) atoms. The number of hydrogen-bond donors (Lipinski definition) is 2. The zero-order chi connectivity index (χ0) is 21.4. The Morgan fingerprint density at radius 3 is 2.21 bits per heavy atom. The average molecular weight is 398 g/mol. The molecular formula is C22H26N2O5. The van der Waals surface area contributed by atoms with Crippen LogP contribution in [0.15, 0.2) is 42.5 Å². The van der Waals surface area contributed by atoms with Crippen molar-refractivity contribution < 1.29 is 23.9 Å². The number of carbonyl (C=O) groups is 3. The summed E-state index contributed by atoms with van der Waals surface area (Å²) in [7, 11) is 1.56. The maximum absolute atomic E-state index is 12.1. The lowest BCUT2D eigenvalue weighted by Crippen LogP contribution is -2.40. The number of benzene rings is 2. The highest BCUT2D eigenvalue weighted by molar-refractivity contribution is 5.96. The number of rotatable bonds is 8. The Hall–Kier alpha value is -3.35. The maximum Gasteiger partial charge on any atom is 0.311 e. The van der Waals surface area contributed by atoms with Crippen molar-refractivity contribution in [2.75, 3.05) is 19.0 Å². The van der Waals surface area contributed by atoms with Gasteiger partial charge in [-0.1, -0.05) is 30.3 Å². The first-order valence-corrected chi connectivity index (χ1v) is 9.26. The number of anilines is 1. The monoisotopic (exact) mass is 398 g/mol. The highest BCUT2D eigenvalue weighted by Crippen LogP contribution is 2.19. The molecule has 0 fully saturated rings. The smallest absolute Gasteiger partial charge is 0.311 e. The zero-order valence-corrected chi connectivity index (χ0v) is 17.1. The van der Waals surface area contributed by atoms with Gasteiger partial charge in [0.15, 0.2) is 6.10 Å². The van der Waals surface area contributed by atoms with E-state index < -0.39 is 18.0 Å². The molecular weight excluding hydrogens is 372 g/mol.